The third-order valence-electron chi connectivity index (χ3n) is 5.27. The molecule has 5 nitrogen and oxygen atoms in total. The fourth-order valence-corrected chi connectivity index (χ4v) is 3.45. The number of hydrogen-bond donors (Lipinski definition) is 0. The van der Waals surface area contributed by atoms with Crippen molar-refractivity contribution in [1.82, 2.24) is 14.4 Å². The topological polar surface area (TPSA) is 45.6 Å². The van der Waals surface area contributed by atoms with Crippen LogP contribution in [0.15, 0.2) is 85.6 Å². The normalized spacial score (nSPS) is 10.6. The molecule has 0 spiro atoms. The van der Waals surface area contributed by atoms with E-state index in [1.54, 1.807) is 23.1 Å². The van der Waals surface area contributed by atoms with Gasteiger partial charge in [-0.25, -0.2) is 4.39 Å². The first-order chi connectivity index (χ1) is 15.5. The van der Waals surface area contributed by atoms with Gasteiger partial charge >= 0.3 is 0 Å². The summed E-state index contributed by atoms with van der Waals surface area (Å²) in [5, 5.41) is 0. The molecule has 0 N–H and O–H groups in total. The zero-order valence-electron chi connectivity index (χ0n) is 18.3. The van der Waals surface area contributed by atoms with Gasteiger partial charge in [0.15, 0.2) is 0 Å². The second-order valence-corrected chi connectivity index (χ2v) is 7.71. The standard InChI is InChI=1S/C26H28FN3O2/c1-3-15-29(25(31)17-21-11-13-23(27)14-12-21)20-26(32)30(18-22-8-5-4-6-9-22)19-24-10-7-16-28(24)2/h3-14,16H,1,15,17-20H2,2H3. The van der Waals surface area contributed by atoms with Gasteiger partial charge in [-0.3, -0.25) is 9.59 Å². The second-order valence-electron chi connectivity index (χ2n) is 7.71. The number of carbonyl (C=O) groups is 2. The number of amides is 2. The van der Waals surface area contributed by atoms with Gasteiger partial charge < -0.3 is 14.4 Å². The number of nitrogens with zero attached hydrogens (tertiary/aromatic N) is 3. The maximum absolute atomic E-state index is 13.3. The van der Waals surface area contributed by atoms with Crippen LogP contribution in [-0.2, 0) is 36.1 Å². The molecule has 0 radical (unpaired) electrons. The molecule has 0 unspecified atom stereocenters. The molecule has 2 aromatic carbocycles. The summed E-state index contributed by atoms with van der Waals surface area (Å²) in [4.78, 5) is 29.4. The van der Waals surface area contributed by atoms with Crippen molar-refractivity contribution >= 4 is 11.8 Å². The lowest BCUT2D eigenvalue weighted by molar-refractivity contribution is -0.140. The molecule has 0 saturated carbocycles. The molecule has 0 aliphatic rings. The molecular formula is C26H28FN3O2. The largest absolute Gasteiger partial charge is 0.353 e. The van der Waals surface area contributed by atoms with Crippen molar-refractivity contribution in [3.63, 3.8) is 0 Å². The van der Waals surface area contributed by atoms with Gasteiger partial charge in [0.1, 0.15) is 12.4 Å². The first kappa shape index (κ1) is 23.0. The summed E-state index contributed by atoms with van der Waals surface area (Å²) in [6, 6.07) is 19.5. The molecule has 0 atom stereocenters. The lowest BCUT2D eigenvalue weighted by atomic mass is 10.1. The Kier molecular flexibility index (Phi) is 7.97. The maximum atomic E-state index is 13.3. The molecule has 32 heavy (non-hydrogen) atoms. The van der Waals surface area contributed by atoms with E-state index >= 15 is 0 Å². The van der Waals surface area contributed by atoms with Crippen molar-refractivity contribution in [3.8, 4) is 0 Å². The average molecular weight is 434 g/mol. The van der Waals surface area contributed by atoms with Gasteiger partial charge in [-0.05, 0) is 35.4 Å². The van der Waals surface area contributed by atoms with Gasteiger partial charge in [-0.1, -0.05) is 48.5 Å². The van der Waals surface area contributed by atoms with Crippen LogP contribution in [0.1, 0.15) is 16.8 Å². The minimum atomic E-state index is -0.350. The van der Waals surface area contributed by atoms with Gasteiger partial charge in [-0.15, -0.1) is 6.58 Å². The molecule has 3 aromatic rings. The van der Waals surface area contributed by atoms with Crippen LogP contribution in [0.4, 0.5) is 4.39 Å². The van der Waals surface area contributed by atoms with Gasteiger partial charge in [-0.2, -0.15) is 0 Å². The van der Waals surface area contributed by atoms with Crippen molar-refractivity contribution in [1.29, 1.82) is 0 Å². The van der Waals surface area contributed by atoms with E-state index < -0.39 is 0 Å². The van der Waals surface area contributed by atoms with Crippen LogP contribution in [0.25, 0.3) is 0 Å². The Labute approximate surface area is 188 Å². The SMILES string of the molecule is C=CCN(CC(=O)N(Cc1ccccc1)Cc1cccn1C)C(=O)Cc1ccc(F)cc1. The highest BCUT2D eigenvalue weighted by molar-refractivity contribution is 5.86. The van der Waals surface area contributed by atoms with E-state index in [9.17, 15) is 14.0 Å². The molecule has 1 aromatic heterocycles. The zero-order chi connectivity index (χ0) is 22.9. The number of aromatic nitrogens is 1. The van der Waals surface area contributed by atoms with Gasteiger partial charge in [0.2, 0.25) is 11.8 Å². The van der Waals surface area contributed by atoms with Crippen LogP contribution < -0.4 is 0 Å². The van der Waals surface area contributed by atoms with Crippen LogP contribution in [0, 0.1) is 5.82 Å². The smallest absolute Gasteiger partial charge is 0.242 e. The Morgan fingerprint density at radius 2 is 1.62 bits per heavy atom. The highest BCUT2D eigenvalue weighted by Gasteiger charge is 2.22. The lowest BCUT2D eigenvalue weighted by Gasteiger charge is -2.27. The summed E-state index contributed by atoms with van der Waals surface area (Å²) in [5.74, 6) is -0.704. The van der Waals surface area contributed by atoms with Gasteiger partial charge in [0.05, 0.1) is 13.0 Å². The van der Waals surface area contributed by atoms with E-state index in [4.69, 9.17) is 0 Å². The van der Waals surface area contributed by atoms with Crippen molar-refractivity contribution in [2.75, 3.05) is 13.1 Å². The minimum absolute atomic E-state index is 0.0523. The first-order valence-corrected chi connectivity index (χ1v) is 10.5. The molecule has 2 amide bonds. The second kappa shape index (κ2) is 11.1. The van der Waals surface area contributed by atoms with Crippen LogP contribution in [-0.4, -0.2) is 39.3 Å². The number of carbonyl (C=O) groups excluding carboxylic acids is 2. The van der Waals surface area contributed by atoms with E-state index in [1.165, 1.54) is 17.0 Å². The predicted octanol–water partition coefficient (Wildman–Crippen LogP) is 3.95. The van der Waals surface area contributed by atoms with Crippen LogP contribution in [0.5, 0.6) is 0 Å². The Balaban J connectivity index is 1.74. The molecule has 0 aliphatic heterocycles. The number of halogens is 1. The average Bonchev–Trinajstić information content (AvgIpc) is 3.19. The highest BCUT2D eigenvalue weighted by Crippen LogP contribution is 2.12. The maximum Gasteiger partial charge on any atom is 0.242 e. The van der Waals surface area contributed by atoms with E-state index in [0.29, 0.717) is 18.7 Å². The van der Waals surface area contributed by atoms with Crippen molar-refractivity contribution < 1.29 is 14.0 Å². The Morgan fingerprint density at radius 1 is 0.906 bits per heavy atom. The molecule has 0 aliphatic carbocycles. The molecule has 0 fully saturated rings. The monoisotopic (exact) mass is 433 g/mol. The van der Waals surface area contributed by atoms with Crippen molar-refractivity contribution in [3.05, 3.63) is 108 Å². The van der Waals surface area contributed by atoms with E-state index in [1.807, 2.05) is 60.3 Å². The van der Waals surface area contributed by atoms with E-state index in [-0.39, 0.29) is 37.1 Å². The Morgan fingerprint density at radius 3 is 2.25 bits per heavy atom. The third-order valence-corrected chi connectivity index (χ3v) is 5.27. The summed E-state index contributed by atoms with van der Waals surface area (Å²) < 4.78 is 15.1. The lowest BCUT2D eigenvalue weighted by Crippen LogP contribution is -2.43. The summed E-state index contributed by atoms with van der Waals surface area (Å²) in [5.41, 5.74) is 2.72. The number of aryl methyl sites for hydroxylation is 1. The summed E-state index contributed by atoms with van der Waals surface area (Å²) in [6.45, 7) is 4.81. The molecule has 0 bridgehead atoms. The number of benzene rings is 2. The van der Waals surface area contributed by atoms with Crippen LogP contribution in [0.3, 0.4) is 0 Å². The molecule has 6 heteroatoms. The first-order valence-electron chi connectivity index (χ1n) is 10.5. The summed E-state index contributed by atoms with van der Waals surface area (Å²) >= 11 is 0. The predicted molar refractivity (Wildman–Crippen MR) is 123 cm³/mol. The minimum Gasteiger partial charge on any atom is -0.353 e. The fraction of sp³-hybridized carbons (Fsp3) is 0.231. The Hall–Kier alpha value is -3.67. The van der Waals surface area contributed by atoms with E-state index in [2.05, 4.69) is 6.58 Å². The summed E-state index contributed by atoms with van der Waals surface area (Å²) in [6.07, 6.45) is 3.64. The molecule has 3 rings (SSSR count). The van der Waals surface area contributed by atoms with Gasteiger partial charge in [0.25, 0.3) is 0 Å². The van der Waals surface area contributed by atoms with Crippen molar-refractivity contribution in [2.24, 2.45) is 7.05 Å². The van der Waals surface area contributed by atoms with E-state index in [0.717, 1.165) is 11.3 Å². The third kappa shape index (κ3) is 6.41. The highest BCUT2D eigenvalue weighted by atomic mass is 19.1. The number of hydrogen-bond acceptors (Lipinski definition) is 2. The quantitative estimate of drug-likeness (QED) is 0.455. The Bertz CT molecular complexity index is 1040. The molecule has 1 heterocycles. The summed E-state index contributed by atoms with van der Waals surface area (Å²) in [7, 11) is 1.94. The molecule has 166 valence electrons. The van der Waals surface area contributed by atoms with Crippen LogP contribution in [0.2, 0.25) is 0 Å². The van der Waals surface area contributed by atoms with Crippen molar-refractivity contribution in [2.45, 2.75) is 19.5 Å². The number of rotatable bonds is 10. The van der Waals surface area contributed by atoms with Crippen LogP contribution >= 0.6 is 0 Å². The molecule has 0 saturated heterocycles. The fourth-order valence-electron chi connectivity index (χ4n) is 3.45. The zero-order valence-corrected chi connectivity index (χ0v) is 18.3. The molecular weight excluding hydrogens is 405 g/mol. The van der Waals surface area contributed by atoms with Gasteiger partial charge in [0, 0.05) is 32.0 Å².